The molecule has 0 aliphatic carbocycles. The normalized spacial score (nSPS) is 11.9. The molecule has 0 bridgehead atoms. The minimum Gasteiger partial charge on any atom is -0.290 e. The first-order valence-corrected chi connectivity index (χ1v) is 7.19. The highest BCUT2D eigenvalue weighted by Gasteiger charge is 2.25. The van der Waals surface area contributed by atoms with E-state index in [9.17, 15) is 9.59 Å². The zero-order valence-electron chi connectivity index (χ0n) is 11.4. The number of carbonyl (C=O) groups excluding carboxylic acids is 2. The van der Waals surface area contributed by atoms with Gasteiger partial charge in [-0.3, -0.25) is 9.59 Å². The van der Waals surface area contributed by atoms with E-state index in [2.05, 4.69) is 15.9 Å². The predicted molar refractivity (Wildman–Crippen MR) is 83.1 cm³/mol. The molecule has 0 radical (unpaired) electrons. The van der Waals surface area contributed by atoms with Crippen LogP contribution in [0.15, 0.2) is 53.0 Å². The van der Waals surface area contributed by atoms with Crippen LogP contribution in [0.3, 0.4) is 0 Å². The molecule has 2 nitrogen and oxygen atoms in total. The van der Waals surface area contributed by atoms with Crippen molar-refractivity contribution in [2.45, 2.75) is 19.8 Å². The fourth-order valence-electron chi connectivity index (χ4n) is 2.05. The lowest BCUT2D eigenvalue weighted by molar-refractivity contribution is -0.116. The molecular formula is C17H15BrO2. The zero-order chi connectivity index (χ0) is 14.7. The lowest BCUT2D eigenvalue weighted by Gasteiger charge is -2.12. The van der Waals surface area contributed by atoms with Crippen molar-refractivity contribution in [1.82, 2.24) is 0 Å². The van der Waals surface area contributed by atoms with Crippen molar-refractivity contribution < 1.29 is 9.59 Å². The summed E-state index contributed by atoms with van der Waals surface area (Å²) in [6, 6.07) is 14.4. The monoisotopic (exact) mass is 330 g/mol. The van der Waals surface area contributed by atoms with Gasteiger partial charge in [-0.15, -0.1) is 0 Å². The van der Waals surface area contributed by atoms with Crippen LogP contribution in [0.2, 0.25) is 0 Å². The highest BCUT2D eigenvalue weighted by molar-refractivity contribution is 9.10. The Kier molecular flexibility index (Phi) is 4.50. The number of benzene rings is 2. The summed E-state index contributed by atoms with van der Waals surface area (Å²) in [7, 11) is 0. The maximum absolute atomic E-state index is 12.3. The standard InChI is InChI=1S/C17H15BrO2/c1-11-8-9-14(15(18)10-11)12(2)16(19)17(20)13-6-4-3-5-7-13/h3-10,12H,1-2H3. The van der Waals surface area contributed by atoms with Crippen molar-refractivity contribution in [1.29, 1.82) is 0 Å². The smallest absolute Gasteiger partial charge is 0.229 e. The SMILES string of the molecule is Cc1ccc(C(C)C(=O)C(=O)c2ccccc2)c(Br)c1. The number of ketones is 2. The molecule has 2 rings (SSSR count). The Balaban J connectivity index is 2.27. The van der Waals surface area contributed by atoms with E-state index in [1.165, 1.54) is 0 Å². The van der Waals surface area contributed by atoms with E-state index >= 15 is 0 Å². The maximum atomic E-state index is 12.3. The number of aryl methyl sites for hydroxylation is 1. The highest BCUT2D eigenvalue weighted by atomic mass is 79.9. The summed E-state index contributed by atoms with van der Waals surface area (Å²) in [6.45, 7) is 3.74. The second kappa shape index (κ2) is 6.14. The van der Waals surface area contributed by atoms with Gasteiger partial charge in [0.1, 0.15) is 0 Å². The van der Waals surface area contributed by atoms with Gasteiger partial charge in [0.15, 0.2) is 0 Å². The van der Waals surface area contributed by atoms with Crippen molar-refractivity contribution in [3.63, 3.8) is 0 Å². The van der Waals surface area contributed by atoms with Gasteiger partial charge in [0.05, 0.1) is 0 Å². The molecule has 0 spiro atoms. The summed E-state index contributed by atoms with van der Waals surface area (Å²) in [5.41, 5.74) is 2.38. The summed E-state index contributed by atoms with van der Waals surface area (Å²) >= 11 is 3.46. The van der Waals surface area contributed by atoms with Gasteiger partial charge in [-0.25, -0.2) is 0 Å². The molecule has 0 amide bonds. The lowest BCUT2D eigenvalue weighted by atomic mass is 9.91. The van der Waals surface area contributed by atoms with E-state index in [-0.39, 0.29) is 5.78 Å². The van der Waals surface area contributed by atoms with Crippen LogP contribution >= 0.6 is 15.9 Å². The Hall–Kier alpha value is -1.74. The Morgan fingerprint density at radius 1 is 1.05 bits per heavy atom. The third kappa shape index (κ3) is 3.05. The van der Waals surface area contributed by atoms with Crippen LogP contribution in [0.25, 0.3) is 0 Å². The van der Waals surface area contributed by atoms with Crippen LogP contribution in [0.4, 0.5) is 0 Å². The van der Waals surface area contributed by atoms with E-state index in [1.54, 1.807) is 31.2 Å². The molecule has 0 aromatic heterocycles. The van der Waals surface area contributed by atoms with Crippen molar-refractivity contribution >= 4 is 27.5 Å². The first kappa shape index (κ1) is 14.7. The number of Topliss-reactive ketones (excluding diaryl/α,β-unsaturated/α-hetero) is 2. The summed E-state index contributed by atoms with van der Waals surface area (Å²) < 4.78 is 0.860. The maximum Gasteiger partial charge on any atom is 0.229 e. The predicted octanol–water partition coefficient (Wildman–Crippen LogP) is 4.31. The van der Waals surface area contributed by atoms with Crippen molar-refractivity contribution in [2.24, 2.45) is 0 Å². The fourth-order valence-corrected chi connectivity index (χ4v) is 2.89. The Morgan fingerprint density at radius 3 is 2.30 bits per heavy atom. The molecule has 2 aromatic carbocycles. The number of hydrogen-bond donors (Lipinski definition) is 0. The van der Waals surface area contributed by atoms with E-state index < -0.39 is 11.7 Å². The molecular weight excluding hydrogens is 316 g/mol. The highest BCUT2D eigenvalue weighted by Crippen LogP contribution is 2.27. The molecule has 0 N–H and O–H groups in total. The van der Waals surface area contributed by atoms with E-state index in [4.69, 9.17) is 0 Å². The van der Waals surface area contributed by atoms with E-state index in [1.807, 2.05) is 31.2 Å². The van der Waals surface area contributed by atoms with Gasteiger partial charge in [0.2, 0.25) is 11.6 Å². The van der Waals surface area contributed by atoms with Gasteiger partial charge in [0.25, 0.3) is 0 Å². The Morgan fingerprint density at radius 2 is 1.70 bits per heavy atom. The molecule has 0 saturated heterocycles. The molecule has 0 saturated carbocycles. The van der Waals surface area contributed by atoms with Gasteiger partial charge >= 0.3 is 0 Å². The molecule has 102 valence electrons. The van der Waals surface area contributed by atoms with Gasteiger partial charge < -0.3 is 0 Å². The number of rotatable bonds is 4. The van der Waals surface area contributed by atoms with Crippen LogP contribution in [0, 0.1) is 6.92 Å². The van der Waals surface area contributed by atoms with Gasteiger partial charge in [-0.1, -0.05) is 65.3 Å². The van der Waals surface area contributed by atoms with Crippen LogP contribution in [0.5, 0.6) is 0 Å². The second-order valence-corrected chi connectivity index (χ2v) is 5.66. The van der Waals surface area contributed by atoms with Gasteiger partial charge in [0, 0.05) is 16.0 Å². The van der Waals surface area contributed by atoms with E-state index in [0.29, 0.717) is 5.56 Å². The molecule has 0 heterocycles. The first-order chi connectivity index (χ1) is 9.50. The quantitative estimate of drug-likeness (QED) is 0.618. The Bertz CT molecular complexity index is 647. The summed E-state index contributed by atoms with van der Waals surface area (Å²) in [4.78, 5) is 24.5. The minimum atomic E-state index is -0.460. The second-order valence-electron chi connectivity index (χ2n) is 4.81. The molecule has 20 heavy (non-hydrogen) atoms. The third-order valence-corrected chi connectivity index (χ3v) is 3.96. The van der Waals surface area contributed by atoms with Gasteiger partial charge in [-0.05, 0) is 24.1 Å². The van der Waals surface area contributed by atoms with E-state index in [0.717, 1.165) is 15.6 Å². The van der Waals surface area contributed by atoms with Crippen molar-refractivity contribution in [3.05, 3.63) is 69.7 Å². The molecule has 0 fully saturated rings. The summed E-state index contributed by atoms with van der Waals surface area (Å²) in [5, 5.41) is 0. The van der Waals surface area contributed by atoms with Crippen LogP contribution in [-0.2, 0) is 4.79 Å². The van der Waals surface area contributed by atoms with Crippen LogP contribution < -0.4 is 0 Å². The molecule has 0 aliphatic heterocycles. The summed E-state index contributed by atoms with van der Waals surface area (Å²) in [6.07, 6.45) is 0. The number of hydrogen-bond acceptors (Lipinski definition) is 2. The third-order valence-electron chi connectivity index (χ3n) is 3.28. The Labute approximate surface area is 127 Å². The molecule has 2 aromatic rings. The molecule has 1 unspecified atom stereocenters. The van der Waals surface area contributed by atoms with Crippen LogP contribution in [0.1, 0.15) is 34.3 Å². The average Bonchev–Trinajstić information content (AvgIpc) is 2.46. The molecule has 1 atom stereocenters. The fraction of sp³-hybridized carbons (Fsp3) is 0.176. The van der Waals surface area contributed by atoms with Crippen molar-refractivity contribution in [2.75, 3.05) is 0 Å². The molecule has 3 heteroatoms. The number of carbonyl (C=O) groups is 2. The zero-order valence-corrected chi connectivity index (χ0v) is 13.0. The minimum absolute atomic E-state index is 0.388. The van der Waals surface area contributed by atoms with Crippen LogP contribution in [-0.4, -0.2) is 11.6 Å². The first-order valence-electron chi connectivity index (χ1n) is 6.40. The average molecular weight is 331 g/mol. The van der Waals surface area contributed by atoms with Crippen molar-refractivity contribution in [3.8, 4) is 0 Å². The largest absolute Gasteiger partial charge is 0.290 e. The van der Waals surface area contributed by atoms with Gasteiger partial charge in [-0.2, -0.15) is 0 Å². The molecule has 0 aliphatic rings. The number of halogens is 1. The topological polar surface area (TPSA) is 34.1 Å². The summed E-state index contributed by atoms with van der Waals surface area (Å²) in [5.74, 6) is -1.29. The lowest BCUT2D eigenvalue weighted by Crippen LogP contribution is -2.20.